The van der Waals surface area contributed by atoms with Crippen LogP contribution in [0.2, 0.25) is 0 Å². The number of hydrogen-bond acceptors (Lipinski definition) is 4. The lowest BCUT2D eigenvalue weighted by Gasteiger charge is -2.04. The molecule has 3 aromatic rings. The maximum Gasteiger partial charge on any atom is 0.341 e. The fourth-order valence-electron chi connectivity index (χ4n) is 1.90. The van der Waals surface area contributed by atoms with Gasteiger partial charge in [-0.3, -0.25) is 0 Å². The van der Waals surface area contributed by atoms with E-state index in [1.807, 2.05) is 48.5 Å². The molecule has 0 bridgehead atoms. The second-order valence-electron chi connectivity index (χ2n) is 4.41. The topological polar surface area (TPSA) is 66.0 Å². The molecule has 0 fully saturated rings. The van der Waals surface area contributed by atoms with Gasteiger partial charge < -0.3 is 10.5 Å². The van der Waals surface area contributed by atoms with Gasteiger partial charge in [-0.25, -0.2) is 4.68 Å². The van der Waals surface area contributed by atoms with Crippen molar-refractivity contribution in [1.29, 1.82) is 0 Å². The highest BCUT2D eigenvalue weighted by Crippen LogP contribution is 2.24. The summed E-state index contributed by atoms with van der Waals surface area (Å²) in [5.74, 6) is 0.649. The molecule has 1 heterocycles. The highest BCUT2D eigenvalue weighted by atomic mass is 79.9. The van der Waals surface area contributed by atoms with Crippen LogP contribution in [0.1, 0.15) is 5.56 Å². The molecule has 0 aliphatic carbocycles. The summed E-state index contributed by atoms with van der Waals surface area (Å²) in [5.41, 5.74) is 7.55. The highest BCUT2D eigenvalue weighted by molar-refractivity contribution is 9.10. The molecule has 0 radical (unpaired) electrons. The van der Waals surface area contributed by atoms with E-state index in [2.05, 4.69) is 26.0 Å². The molecule has 0 saturated heterocycles. The molecule has 106 valence electrons. The summed E-state index contributed by atoms with van der Waals surface area (Å²) in [6.07, 6.45) is 1.62. The van der Waals surface area contributed by atoms with Crippen LogP contribution in [0.25, 0.3) is 5.69 Å². The summed E-state index contributed by atoms with van der Waals surface area (Å²) in [7, 11) is 0. The van der Waals surface area contributed by atoms with E-state index in [-0.39, 0.29) is 0 Å². The van der Waals surface area contributed by atoms with Gasteiger partial charge in [-0.2, -0.15) is 4.98 Å². The van der Waals surface area contributed by atoms with Crippen molar-refractivity contribution in [2.75, 3.05) is 0 Å². The van der Waals surface area contributed by atoms with Crippen molar-refractivity contribution in [2.45, 2.75) is 6.54 Å². The Morgan fingerprint density at radius 1 is 1.14 bits per heavy atom. The molecule has 3 rings (SSSR count). The lowest BCUT2D eigenvalue weighted by atomic mass is 10.2. The van der Waals surface area contributed by atoms with E-state index in [4.69, 9.17) is 10.5 Å². The number of nitrogens with two attached hydrogens (primary N) is 1. The standard InChI is InChI=1S/C15H13BrN4O/c16-12-6-11(9-17)7-14(8-12)21-15-18-10-20(19-15)13-4-2-1-3-5-13/h1-8,10H,9,17H2. The lowest BCUT2D eigenvalue weighted by molar-refractivity contribution is 0.440. The number of aromatic nitrogens is 3. The second-order valence-corrected chi connectivity index (χ2v) is 5.32. The van der Waals surface area contributed by atoms with Crippen LogP contribution in [0.15, 0.2) is 59.3 Å². The van der Waals surface area contributed by atoms with Crippen LogP contribution < -0.4 is 10.5 Å². The Hall–Kier alpha value is -2.18. The molecule has 0 aliphatic heterocycles. The quantitative estimate of drug-likeness (QED) is 0.788. The summed E-state index contributed by atoms with van der Waals surface area (Å²) in [6.45, 7) is 0.446. The summed E-state index contributed by atoms with van der Waals surface area (Å²) in [5, 5.41) is 4.30. The van der Waals surface area contributed by atoms with Gasteiger partial charge in [0, 0.05) is 11.0 Å². The highest BCUT2D eigenvalue weighted by Gasteiger charge is 2.06. The van der Waals surface area contributed by atoms with Crippen LogP contribution in [-0.2, 0) is 6.54 Å². The first kappa shape index (κ1) is 13.8. The van der Waals surface area contributed by atoms with Crippen LogP contribution >= 0.6 is 15.9 Å². The normalized spacial score (nSPS) is 10.6. The summed E-state index contributed by atoms with van der Waals surface area (Å²) in [4.78, 5) is 4.16. The van der Waals surface area contributed by atoms with E-state index in [1.54, 1.807) is 11.0 Å². The molecule has 6 heteroatoms. The first-order chi connectivity index (χ1) is 10.2. The minimum atomic E-state index is 0.292. The summed E-state index contributed by atoms with van der Waals surface area (Å²) < 4.78 is 8.24. The third kappa shape index (κ3) is 3.29. The molecule has 1 aromatic heterocycles. The number of rotatable bonds is 4. The van der Waals surface area contributed by atoms with E-state index in [1.165, 1.54) is 0 Å². The number of benzene rings is 2. The Bertz CT molecular complexity index is 742. The molecule has 2 aromatic carbocycles. The Kier molecular flexibility index (Phi) is 3.98. The molecule has 0 atom stereocenters. The Labute approximate surface area is 130 Å². The lowest BCUT2D eigenvalue weighted by Crippen LogP contribution is -1.97. The van der Waals surface area contributed by atoms with Crippen molar-refractivity contribution in [3.63, 3.8) is 0 Å². The minimum Gasteiger partial charge on any atom is -0.423 e. The van der Waals surface area contributed by atoms with Gasteiger partial charge >= 0.3 is 6.01 Å². The van der Waals surface area contributed by atoms with E-state index in [9.17, 15) is 0 Å². The largest absolute Gasteiger partial charge is 0.423 e. The predicted octanol–water partition coefficient (Wildman–Crippen LogP) is 3.28. The number of para-hydroxylation sites is 1. The summed E-state index contributed by atoms with van der Waals surface area (Å²) >= 11 is 3.43. The van der Waals surface area contributed by atoms with Crippen LogP contribution in [0.3, 0.4) is 0 Å². The molecule has 21 heavy (non-hydrogen) atoms. The third-order valence-corrected chi connectivity index (χ3v) is 3.33. The van der Waals surface area contributed by atoms with E-state index < -0.39 is 0 Å². The maximum absolute atomic E-state index is 5.68. The van der Waals surface area contributed by atoms with Crippen LogP contribution in [0.5, 0.6) is 11.8 Å². The van der Waals surface area contributed by atoms with Gasteiger partial charge in [-0.1, -0.05) is 34.1 Å². The molecule has 0 aliphatic rings. The molecule has 0 unspecified atom stereocenters. The fourth-order valence-corrected chi connectivity index (χ4v) is 2.42. The summed E-state index contributed by atoms with van der Waals surface area (Å²) in [6, 6.07) is 15.7. The van der Waals surface area contributed by atoms with Crippen molar-refractivity contribution in [2.24, 2.45) is 5.73 Å². The number of hydrogen-bond donors (Lipinski definition) is 1. The van der Waals surface area contributed by atoms with Gasteiger partial charge in [0.15, 0.2) is 0 Å². The fraction of sp³-hybridized carbons (Fsp3) is 0.0667. The maximum atomic E-state index is 5.68. The molecule has 2 N–H and O–H groups in total. The number of halogens is 1. The van der Waals surface area contributed by atoms with Crippen LogP contribution in [-0.4, -0.2) is 14.8 Å². The van der Waals surface area contributed by atoms with Gasteiger partial charge in [0.05, 0.1) is 5.69 Å². The van der Waals surface area contributed by atoms with Gasteiger partial charge in [-0.15, -0.1) is 5.10 Å². The first-order valence-electron chi connectivity index (χ1n) is 6.39. The van der Waals surface area contributed by atoms with Crippen LogP contribution in [0, 0.1) is 0 Å². The van der Waals surface area contributed by atoms with Gasteiger partial charge in [0.2, 0.25) is 0 Å². The van der Waals surface area contributed by atoms with Crippen molar-refractivity contribution >= 4 is 15.9 Å². The van der Waals surface area contributed by atoms with Crippen molar-refractivity contribution in [1.82, 2.24) is 14.8 Å². The average molecular weight is 345 g/mol. The second kappa shape index (κ2) is 6.07. The SMILES string of the molecule is NCc1cc(Br)cc(Oc2ncn(-c3ccccc3)n2)c1. The van der Waals surface area contributed by atoms with Crippen molar-refractivity contribution in [3.8, 4) is 17.4 Å². The Morgan fingerprint density at radius 2 is 1.95 bits per heavy atom. The zero-order chi connectivity index (χ0) is 14.7. The van der Waals surface area contributed by atoms with Gasteiger partial charge in [0.1, 0.15) is 12.1 Å². The monoisotopic (exact) mass is 344 g/mol. The smallest absolute Gasteiger partial charge is 0.341 e. The number of ether oxygens (including phenoxy) is 1. The molecular weight excluding hydrogens is 332 g/mol. The van der Waals surface area contributed by atoms with E-state index in [0.717, 1.165) is 15.7 Å². The van der Waals surface area contributed by atoms with E-state index in [0.29, 0.717) is 18.3 Å². The van der Waals surface area contributed by atoms with Crippen molar-refractivity contribution < 1.29 is 4.74 Å². The minimum absolute atomic E-state index is 0.292. The predicted molar refractivity (Wildman–Crippen MR) is 83.5 cm³/mol. The Morgan fingerprint density at radius 3 is 2.71 bits per heavy atom. The van der Waals surface area contributed by atoms with Gasteiger partial charge in [-0.05, 0) is 35.9 Å². The van der Waals surface area contributed by atoms with Gasteiger partial charge in [0.25, 0.3) is 0 Å². The van der Waals surface area contributed by atoms with E-state index >= 15 is 0 Å². The van der Waals surface area contributed by atoms with Crippen LogP contribution in [0.4, 0.5) is 0 Å². The molecule has 0 amide bonds. The van der Waals surface area contributed by atoms with Crippen molar-refractivity contribution in [3.05, 3.63) is 64.9 Å². The third-order valence-electron chi connectivity index (χ3n) is 2.87. The molecule has 0 spiro atoms. The zero-order valence-electron chi connectivity index (χ0n) is 11.1. The first-order valence-corrected chi connectivity index (χ1v) is 7.18. The zero-order valence-corrected chi connectivity index (χ0v) is 12.7. The Balaban J connectivity index is 1.83. The average Bonchev–Trinajstić information content (AvgIpc) is 2.96. The number of nitrogens with zero attached hydrogens (tertiary/aromatic N) is 3. The molecule has 5 nitrogen and oxygen atoms in total. The molecular formula is C15H13BrN4O. The molecule has 0 saturated carbocycles.